The zero-order chi connectivity index (χ0) is 20.0. The largest absolute Gasteiger partial charge is 0.378 e. The maximum Gasteiger partial charge on any atom is 0.333 e. The third-order valence-electron chi connectivity index (χ3n) is 4.38. The average molecular weight is 392 g/mol. The molecule has 1 aromatic rings. The van der Waals surface area contributed by atoms with Crippen LogP contribution in [0.25, 0.3) is 6.08 Å². The fourth-order valence-corrected chi connectivity index (χ4v) is 2.91. The topological polar surface area (TPSA) is 60.9 Å². The molecular formula is C20H26ClN3O3. The molecule has 1 aliphatic rings. The highest BCUT2D eigenvalue weighted by atomic mass is 35.5. The van der Waals surface area contributed by atoms with Gasteiger partial charge in [-0.1, -0.05) is 25.5 Å². The number of carbonyl (C=O) groups excluding carboxylic acids is 3. The van der Waals surface area contributed by atoms with Crippen LogP contribution in [0.5, 0.6) is 0 Å². The van der Waals surface area contributed by atoms with Crippen LogP contribution in [0.3, 0.4) is 0 Å². The molecule has 146 valence electrons. The molecule has 0 aromatic heterocycles. The van der Waals surface area contributed by atoms with Crippen LogP contribution in [0, 0.1) is 0 Å². The zero-order valence-electron chi connectivity index (χ0n) is 16.1. The van der Waals surface area contributed by atoms with Crippen LogP contribution in [0.4, 0.5) is 10.5 Å². The summed E-state index contributed by atoms with van der Waals surface area (Å²) in [7, 11) is 3.88. The second kappa shape index (κ2) is 9.55. The average Bonchev–Trinajstić information content (AvgIpc) is 2.65. The minimum atomic E-state index is -0.556. The van der Waals surface area contributed by atoms with Gasteiger partial charge in [0.15, 0.2) is 0 Å². The fraction of sp³-hybridized carbons (Fsp3) is 0.450. The highest BCUT2D eigenvalue weighted by molar-refractivity contribution is 6.30. The molecule has 0 radical (unpaired) electrons. The van der Waals surface area contributed by atoms with E-state index in [0.717, 1.165) is 22.6 Å². The van der Waals surface area contributed by atoms with Crippen LogP contribution < -0.4 is 4.90 Å². The first-order valence-electron chi connectivity index (χ1n) is 9.13. The molecule has 0 bridgehead atoms. The first-order chi connectivity index (χ1) is 12.9. The number of rotatable bonds is 8. The molecule has 0 unspecified atom stereocenters. The molecule has 1 saturated heterocycles. The monoisotopic (exact) mass is 391 g/mol. The maximum atomic E-state index is 12.8. The summed E-state index contributed by atoms with van der Waals surface area (Å²) in [4.78, 5) is 42.5. The number of amides is 4. The highest BCUT2D eigenvalue weighted by Crippen LogP contribution is 2.22. The minimum Gasteiger partial charge on any atom is -0.378 e. The van der Waals surface area contributed by atoms with Gasteiger partial charge in [-0.15, -0.1) is 11.6 Å². The number of nitrogens with zero attached hydrogens (tertiary/aromatic N) is 3. The Kier molecular flexibility index (Phi) is 7.42. The Morgan fingerprint density at radius 1 is 0.963 bits per heavy atom. The number of benzene rings is 1. The van der Waals surface area contributed by atoms with E-state index in [0.29, 0.717) is 25.3 Å². The first-order valence-corrected chi connectivity index (χ1v) is 9.66. The smallest absolute Gasteiger partial charge is 0.333 e. The number of hydrogen-bond donors (Lipinski definition) is 0. The van der Waals surface area contributed by atoms with Crippen molar-refractivity contribution in [2.24, 2.45) is 0 Å². The minimum absolute atomic E-state index is 0.0119. The second-order valence-corrected chi connectivity index (χ2v) is 7.01. The van der Waals surface area contributed by atoms with Gasteiger partial charge in [0.1, 0.15) is 5.57 Å². The lowest BCUT2D eigenvalue weighted by Gasteiger charge is -2.34. The molecule has 1 aliphatic heterocycles. The van der Waals surface area contributed by atoms with Crippen LogP contribution in [0.2, 0.25) is 0 Å². The number of unbranched alkanes of at least 4 members (excludes halogenated alkanes) is 1. The lowest BCUT2D eigenvalue weighted by Crippen LogP contribution is -2.56. The van der Waals surface area contributed by atoms with Crippen LogP contribution in [0.15, 0.2) is 29.8 Å². The molecule has 4 amide bonds. The summed E-state index contributed by atoms with van der Waals surface area (Å²) in [5.41, 5.74) is 1.76. The van der Waals surface area contributed by atoms with Crippen molar-refractivity contribution >= 4 is 41.2 Å². The number of barbiturate groups is 1. The van der Waals surface area contributed by atoms with E-state index in [1.54, 1.807) is 6.08 Å². The van der Waals surface area contributed by atoms with Crippen molar-refractivity contribution in [2.45, 2.75) is 26.2 Å². The molecule has 0 N–H and O–H groups in total. The first kappa shape index (κ1) is 21.0. The van der Waals surface area contributed by atoms with Crippen LogP contribution in [-0.4, -0.2) is 60.7 Å². The molecule has 0 saturated carbocycles. The summed E-state index contributed by atoms with van der Waals surface area (Å²) in [5.74, 6) is -0.748. The third kappa shape index (κ3) is 4.89. The van der Waals surface area contributed by atoms with Crippen LogP contribution in [-0.2, 0) is 9.59 Å². The maximum absolute atomic E-state index is 12.8. The van der Waals surface area contributed by atoms with E-state index in [4.69, 9.17) is 11.6 Å². The Hall–Kier alpha value is -2.34. The summed E-state index contributed by atoms with van der Waals surface area (Å²) < 4.78 is 0. The normalized spacial score (nSPS) is 16.4. The molecule has 7 heteroatoms. The standard InChI is InChI=1S/C20H26ClN3O3/c1-4-5-12-23-18(25)17(19(26)24(20(23)27)13-6-11-21)14-15-7-9-16(10-8-15)22(2)3/h7-10,14H,4-6,11-13H2,1-3H3/b17-14-. The summed E-state index contributed by atoms with van der Waals surface area (Å²) in [5, 5.41) is 0. The van der Waals surface area contributed by atoms with Gasteiger partial charge in [0.05, 0.1) is 0 Å². The van der Waals surface area contributed by atoms with Crippen molar-refractivity contribution in [3.05, 3.63) is 35.4 Å². The van der Waals surface area contributed by atoms with Gasteiger partial charge in [-0.25, -0.2) is 4.79 Å². The highest BCUT2D eigenvalue weighted by Gasteiger charge is 2.41. The Morgan fingerprint density at radius 3 is 2.00 bits per heavy atom. The van der Waals surface area contributed by atoms with E-state index in [1.165, 1.54) is 4.90 Å². The molecule has 1 aromatic carbocycles. The molecule has 27 heavy (non-hydrogen) atoms. The van der Waals surface area contributed by atoms with Crippen LogP contribution >= 0.6 is 11.6 Å². The van der Waals surface area contributed by atoms with Crippen molar-refractivity contribution in [2.75, 3.05) is 38.0 Å². The molecule has 0 aliphatic carbocycles. The number of carbonyl (C=O) groups is 3. The van der Waals surface area contributed by atoms with E-state index in [-0.39, 0.29) is 12.1 Å². The lowest BCUT2D eigenvalue weighted by atomic mass is 10.1. The van der Waals surface area contributed by atoms with E-state index in [9.17, 15) is 14.4 Å². The van der Waals surface area contributed by atoms with Crippen LogP contribution in [0.1, 0.15) is 31.7 Å². The van der Waals surface area contributed by atoms with Crippen molar-refractivity contribution in [3.8, 4) is 0 Å². The number of hydrogen-bond acceptors (Lipinski definition) is 4. The Morgan fingerprint density at radius 2 is 1.52 bits per heavy atom. The summed E-state index contributed by atoms with van der Waals surface area (Å²) in [6.07, 6.45) is 3.58. The zero-order valence-corrected chi connectivity index (χ0v) is 16.8. The second-order valence-electron chi connectivity index (χ2n) is 6.64. The lowest BCUT2D eigenvalue weighted by molar-refractivity contribution is -0.135. The van der Waals surface area contributed by atoms with E-state index in [2.05, 4.69) is 0 Å². The summed E-state index contributed by atoms with van der Waals surface area (Å²) in [6.45, 7) is 2.49. The van der Waals surface area contributed by atoms with Gasteiger partial charge in [0, 0.05) is 38.8 Å². The van der Waals surface area contributed by atoms with Crippen molar-refractivity contribution in [1.82, 2.24) is 9.80 Å². The Balaban J connectivity index is 2.36. The Labute approximate surface area is 165 Å². The van der Waals surface area contributed by atoms with Gasteiger partial charge in [-0.3, -0.25) is 19.4 Å². The number of imide groups is 2. The van der Waals surface area contributed by atoms with Gasteiger partial charge in [-0.05, 0) is 36.6 Å². The molecule has 2 rings (SSSR count). The van der Waals surface area contributed by atoms with E-state index < -0.39 is 17.8 Å². The summed E-state index contributed by atoms with van der Waals surface area (Å²) >= 11 is 5.72. The van der Waals surface area contributed by atoms with Crippen molar-refractivity contribution < 1.29 is 14.4 Å². The van der Waals surface area contributed by atoms with Gasteiger partial charge in [0.25, 0.3) is 11.8 Å². The number of urea groups is 1. The molecule has 0 spiro atoms. The molecule has 1 heterocycles. The molecule has 0 atom stereocenters. The van der Waals surface area contributed by atoms with Crippen molar-refractivity contribution in [3.63, 3.8) is 0 Å². The van der Waals surface area contributed by atoms with E-state index in [1.807, 2.05) is 50.2 Å². The predicted molar refractivity (Wildman–Crippen MR) is 108 cm³/mol. The molecular weight excluding hydrogens is 366 g/mol. The van der Waals surface area contributed by atoms with Gasteiger partial charge in [0.2, 0.25) is 0 Å². The fourth-order valence-electron chi connectivity index (χ4n) is 2.79. The summed E-state index contributed by atoms with van der Waals surface area (Å²) in [6, 6.07) is 6.96. The molecule has 1 fully saturated rings. The quantitative estimate of drug-likeness (QED) is 0.387. The number of anilines is 1. The van der Waals surface area contributed by atoms with Gasteiger partial charge in [-0.2, -0.15) is 0 Å². The van der Waals surface area contributed by atoms with Gasteiger partial charge < -0.3 is 4.90 Å². The predicted octanol–water partition coefficient (Wildman–Crippen LogP) is 3.36. The number of alkyl halides is 1. The number of halogens is 1. The SMILES string of the molecule is CCCCN1C(=O)/C(=C/c2ccc(N(C)C)cc2)C(=O)N(CCCCl)C1=O. The van der Waals surface area contributed by atoms with Gasteiger partial charge >= 0.3 is 6.03 Å². The third-order valence-corrected chi connectivity index (χ3v) is 4.65. The molecule has 6 nitrogen and oxygen atoms in total. The van der Waals surface area contributed by atoms with Crippen molar-refractivity contribution in [1.29, 1.82) is 0 Å². The van der Waals surface area contributed by atoms with E-state index >= 15 is 0 Å². The Bertz CT molecular complexity index is 696.